The van der Waals surface area contributed by atoms with Gasteiger partial charge in [0.1, 0.15) is 0 Å². The molecule has 0 radical (unpaired) electrons. The van der Waals surface area contributed by atoms with E-state index in [9.17, 15) is 9.59 Å². The molecule has 0 unspecified atom stereocenters. The highest BCUT2D eigenvalue weighted by Crippen LogP contribution is 2.32. The number of ether oxygens (including phenoxy) is 1. The number of anilines is 1. The number of H-pyrrole nitrogens is 1. The van der Waals surface area contributed by atoms with E-state index >= 15 is 0 Å². The fourth-order valence-corrected chi connectivity index (χ4v) is 3.93. The third-order valence-corrected chi connectivity index (χ3v) is 5.60. The summed E-state index contributed by atoms with van der Waals surface area (Å²) < 4.78 is 4.77. The first-order chi connectivity index (χ1) is 13.5. The van der Waals surface area contributed by atoms with E-state index in [1.807, 2.05) is 25.1 Å². The van der Waals surface area contributed by atoms with Crippen LogP contribution in [0.4, 0.5) is 5.69 Å². The van der Waals surface area contributed by atoms with Crippen molar-refractivity contribution in [2.75, 3.05) is 12.4 Å². The zero-order valence-corrected chi connectivity index (χ0v) is 16.4. The Hall–Kier alpha value is -3.08. The maximum Gasteiger partial charge on any atom is 0.337 e. The second-order valence-corrected chi connectivity index (χ2v) is 7.67. The highest BCUT2D eigenvalue weighted by molar-refractivity contribution is 6.07. The fourth-order valence-electron chi connectivity index (χ4n) is 3.93. The second kappa shape index (κ2) is 7.15. The molecule has 0 bridgehead atoms. The molecule has 2 N–H and O–H groups in total. The Balaban J connectivity index is 1.64. The molecule has 0 saturated heterocycles. The number of benzene rings is 2. The van der Waals surface area contributed by atoms with Gasteiger partial charge in [0.15, 0.2) is 0 Å². The maximum absolute atomic E-state index is 12.9. The van der Waals surface area contributed by atoms with Crippen LogP contribution in [0.3, 0.4) is 0 Å². The Bertz CT molecular complexity index is 1080. The van der Waals surface area contributed by atoms with Crippen LogP contribution in [0.25, 0.3) is 10.9 Å². The number of nitrogens with one attached hydrogen (secondary N) is 2. The molecule has 0 fully saturated rings. The number of aryl methyl sites for hydroxylation is 2. The third-order valence-electron chi connectivity index (χ3n) is 5.60. The molecule has 4 rings (SSSR count). The normalized spacial score (nSPS) is 15.9. The summed E-state index contributed by atoms with van der Waals surface area (Å²) in [6.07, 6.45) is 3.30. The van der Waals surface area contributed by atoms with E-state index < -0.39 is 5.97 Å². The Morgan fingerprint density at radius 1 is 1.14 bits per heavy atom. The van der Waals surface area contributed by atoms with Crippen LogP contribution in [-0.4, -0.2) is 24.0 Å². The standard InChI is InChI=1S/C23H24N2O3/c1-13-4-8-19-17(10-13)18-11-15(7-9-20(18)24-19)22(26)25-21-12-16(23(27)28-3)6-5-14(21)2/h5-7,9,11-13,24H,4,8,10H2,1-3H3,(H,25,26)/t13-/m1/s1. The Kier molecular flexibility index (Phi) is 4.67. The van der Waals surface area contributed by atoms with Gasteiger partial charge in [-0.15, -0.1) is 0 Å². The van der Waals surface area contributed by atoms with Crippen LogP contribution in [0.5, 0.6) is 0 Å². The number of rotatable bonds is 3. The van der Waals surface area contributed by atoms with E-state index in [2.05, 4.69) is 17.2 Å². The third kappa shape index (κ3) is 3.28. The van der Waals surface area contributed by atoms with Gasteiger partial charge in [-0.3, -0.25) is 4.79 Å². The predicted octanol–water partition coefficient (Wildman–Crippen LogP) is 4.64. The summed E-state index contributed by atoms with van der Waals surface area (Å²) in [6.45, 7) is 4.17. The van der Waals surface area contributed by atoms with Crippen molar-refractivity contribution in [1.29, 1.82) is 0 Å². The van der Waals surface area contributed by atoms with Gasteiger partial charge in [-0.05, 0) is 73.6 Å². The van der Waals surface area contributed by atoms with Gasteiger partial charge in [0, 0.05) is 27.8 Å². The number of amides is 1. The van der Waals surface area contributed by atoms with Crippen LogP contribution in [0.2, 0.25) is 0 Å². The average molecular weight is 376 g/mol. The van der Waals surface area contributed by atoms with E-state index in [1.54, 1.807) is 18.2 Å². The number of carbonyl (C=O) groups excluding carboxylic acids is 2. The number of esters is 1. The number of fused-ring (bicyclic) bond motifs is 3. The molecular weight excluding hydrogens is 352 g/mol. The van der Waals surface area contributed by atoms with Gasteiger partial charge in [0.25, 0.3) is 5.91 Å². The molecule has 5 nitrogen and oxygen atoms in total. The van der Waals surface area contributed by atoms with Gasteiger partial charge in [0.2, 0.25) is 0 Å². The molecule has 1 atom stereocenters. The van der Waals surface area contributed by atoms with E-state index in [0.29, 0.717) is 22.7 Å². The fraction of sp³-hybridized carbons (Fsp3) is 0.304. The van der Waals surface area contributed by atoms with Crippen LogP contribution in [0.15, 0.2) is 36.4 Å². The Morgan fingerprint density at radius 3 is 2.71 bits per heavy atom. The summed E-state index contributed by atoms with van der Waals surface area (Å²) in [5.41, 5.74) is 6.23. The number of hydrogen-bond acceptors (Lipinski definition) is 3. The zero-order chi connectivity index (χ0) is 19.8. The van der Waals surface area contributed by atoms with Crippen molar-refractivity contribution in [1.82, 2.24) is 4.98 Å². The minimum Gasteiger partial charge on any atom is -0.465 e. The van der Waals surface area contributed by atoms with Crippen LogP contribution >= 0.6 is 0 Å². The number of aromatic amines is 1. The van der Waals surface area contributed by atoms with Gasteiger partial charge in [0.05, 0.1) is 12.7 Å². The van der Waals surface area contributed by atoms with Gasteiger partial charge < -0.3 is 15.0 Å². The van der Waals surface area contributed by atoms with E-state index in [4.69, 9.17) is 4.74 Å². The molecule has 3 aromatic rings. The van der Waals surface area contributed by atoms with Gasteiger partial charge in [-0.2, -0.15) is 0 Å². The van der Waals surface area contributed by atoms with E-state index in [0.717, 1.165) is 29.3 Å². The molecule has 0 aliphatic heterocycles. The minimum atomic E-state index is -0.426. The molecule has 2 aromatic carbocycles. The average Bonchev–Trinajstić information content (AvgIpc) is 3.06. The van der Waals surface area contributed by atoms with Crippen molar-refractivity contribution in [2.45, 2.75) is 33.1 Å². The molecule has 28 heavy (non-hydrogen) atoms. The van der Waals surface area contributed by atoms with Crippen LogP contribution in [0.1, 0.15) is 50.9 Å². The van der Waals surface area contributed by atoms with Crippen molar-refractivity contribution in [3.8, 4) is 0 Å². The smallest absolute Gasteiger partial charge is 0.337 e. The quantitative estimate of drug-likeness (QED) is 0.654. The number of carbonyl (C=O) groups is 2. The molecule has 0 spiro atoms. The largest absolute Gasteiger partial charge is 0.465 e. The first kappa shape index (κ1) is 18.3. The Labute approximate surface area is 164 Å². The number of hydrogen-bond donors (Lipinski definition) is 2. The minimum absolute atomic E-state index is 0.189. The van der Waals surface area contributed by atoms with Crippen molar-refractivity contribution >= 4 is 28.5 Å². The lowest BCUT2D eigenvalue weighted by Crippen LogP contribution is -2.14. The topological polar surface area (TPSA) is 71.2 Å². The van der Waals surface area contributed by atoms with Crippen LogP contribution < -0.4 is 5.32 Å². The molecule has 1 amide bonds. The first-order valence-corrected chi connectivity index (χ1v) is 9.60. The van der Waals surface area contributed by atoms with Gasteiger partial charge in [-0.25, -0.2) is 4.79 Å². The Morgan fingerprint density at radius 2 is 1.93 bits per heavy atom. The summed E-state index contributed by atoms with van der Waals surface area (Å²) >= 11 is 0. The zero-order valence-electron chi connectivity index (χ0n) is 16.4. The lowest BCUT2D eigenvalue weighted by atomic mass is 9.87. The molecule has 0 saturated carbocycles. The molecule has 1 aromatic heterocycles. The molecule has 1 aliphatic carbocycles. The van der Waals surface area contributed by atoms with Gasteiger partial charge >= 0.3 is 5.97 Å². The summed E-state index contributed by atoms with van der Waals surface area (Å²) in [4.78, 5) is 28.2. The molecule has 1 aliphatic rings. The summed E-state index contributed by atoms with van der Waals surface area (Å²) in [5, 5.41) is 4.07. The summed E-state index contributed by atoms with van der Waals surface area (Å²) in [5.74, 6) is 0.0449. The maximum atomic E-state index is 12.9. The molecule has 144 valence electrons. The van der Waals surface area contributed by atoms with Crippen molar-refractivity contribution in [3.05, 3.63) is 64.3 Å². The van der Waals surface area contributed by atoms with Crippen molar-refractivity contribution in [2.24, 2.45) is 5.92 Å². The van der Waals surface area contributed by atoms with E-state index in [-0.39, 0.29) is 5.91 Å². The summed E-state index contributed by atoms with van der Waals surface area (Å²) in [6, 6.07) is 10.9. The first-order valence-electron chi connectivity index (χ1n) is 9.60. The second-order valence-electron chi connectivity index (χ2n) is 7.67. The highest BCUT2D eigenvalue weighted by Gasteiger charge is 2.21. The monoisotopic (exact) mass is 376 g/mol. The summed E-state index contributed by atoms with van der Waals surface area (Å²) in [7, 11) is 1.34. The number of methoxy groups -OCH3 is 1. The van der Waals surface area contributed by atoms with Crippen molar-refractivity contribution < 1.29 is 14.3 Å². The molecule has 1 heterocycles. The van der Waals surface area contributed by atoms with Gasteiger partial charge in [-0.1, -0.05) is 13.0 Å². The predicted molar refractivity (Wildman–Crippen MR) is 110 cm³/mol. The SMILES string of the molecule is COC(=O)c1ccc(C)c(NC(=O)c2ccc3[nH]c4c(c3c2)C[C@H](C)CC4)c1. The molecular formula is C23H24N2O3. The highest BCUT2D eigenvalue weighted by atomic mass is 16.5. The van der Waals surface area contributed by atoms with Crippen molar-refractivity contribution in [3.63, 3.8) is 0 Å². The van der Waals surface area contributed by atoms with E-state index in [1.165, 1.54) is 24.8 Å². The van der Waals surface area contributed by atoms with Crippen LogP contribution in [-0.2, 0) is 17.6 Å². The number of aromatic nitrogens is 1. The lowest BCUT2D eigenvalue weighted by Gasteiger charge is -2.18. The lowest BCUT2D eigenvalue weighted by molar-refractivity contribution is 0.0600. The molecule has 5 heteroatoms. The van der Waals surface area contributed by atoms with Crippen LogP contribution in [0, 0.1) is 12.8 Å².